The van der Waals surface area contributed by atoms with Crippen molar-refractivity contribution in [2.24, 2.45) is 5.73 Å². The van der Waals surface area contributed by atoms with Crippen LogP contribution in [0.25, 0.3) is 0 Å². The van der Waals surface area contributed by atoms with Crippen molar-refractivity contribution < 1.29 is 22.5 Å². The Balaban J connectivity index is 1.62. The molecule has 2 aliphatic heterocycles. The second-order valence-electron chi connectivity index (χ2n) is 6.73. The number of hydrogen-bond acceptors (Lipinski definition) is 6. The number of likely N-dealkylation sites (tertiary alicyclic amines) is 2. The molecule has 0 unspecified atom stereocenters. The Hall–Kier alpha value is -1.68. The lowest BCUT2D eigenvalue weighted by molar-refractivity contribution is -0.146. The summed E-state index contributed by atoms with van der Waals surface area (Å²) in [6.07, 6.45) is -0.220. The highest BCUT2D eigenvalue weighted by Crippen LogP contribution is 2.32. The van der Waals surface area contributed by atoms with E-state index in [4.69, 9.17) is 5.73 Å². The molecule has 3 heterocycles. The van der Waals surface area contributed by atoms with Crippen molar-refractivity contribution in [2.75, 3.05) is 26.2 Å². The molecule has 0 saturated carbocycles. The van der Waals surface area contributed by atoms with Crippen molar-refractivity contribution in [2.45, 2.75) is 50.4 Å². The third-order valence-corrected chi connectivity index (χ3v) is 5.18. The number of halogens is 3. The number of piperidine rings is 2. The second kappa shape index (κ2) is 6.91. The monoisotopic (exact) mass is 361 g/mol. The number of nitrogens with zero attached hydrogens (tertiary/aromatic N) is 4. The molecule has 3 rings (SSSR count). The number of alkyl halides is 3. The molecule has 0 aliphatic carbocycles. The maximum absolute atomic E-state index is 12.5. The van der Waals surface area contributed by atoms with Crippen LogP contribution in [-0.4, -0.2) is 57.6 Å². The second-order valence-corrected chi connectivity index (χ2v) is 6.73. The minimum Gasteiger partial charge on any atom is -0.368 e. The van der Waals surface area contributed by atoms with Crippen LogP contribution in [0.5, 0.6) is 0 Å². The van der Waals surface area contributed by atoms with Gasteiger partial charge in [0.15, 0.2) is 0 Å². The van der Waals surface area contributed by atoms with Crippen molar-refractivity contribution >= 4 is 5.91 Å². The van der Waals surface area contributed by atoms with E-state index in [1.165, 1.54) is 0 Å². The minimum absolute atomic E-state index is 0.0723. The third kappa shape index (κ3) is 3.79. The molecule has 0 atom stereocenters. The van der Waals surface area contributed by atoms with E-state index in [2.05, 4.69) is 19.6 Å². The highest BCUT2D eigenvalue weighted by Gasteiger charge is 2.45. The molecule has 25 heavy (non-hydrogen) atoms. The number of carbonyl (C=O) groups excluding carboxylic acids is 1. The SMILES string of the molecule is NC(=O)C1(N2CCCCC2)CCN(Cc2nc(C(F)(F)F)no2)CC1. The lowest BCUT2D eigenvalue weighted by atomic mass is 9.83. The number of nitrogens with two attached hydrogens (primary N) is 1. The lowest BCUT2D eigenvalue weighted by Crippen LogP contribution is -2.63. The molecular formula is C15H22F3N5O2. The quantitative estimate of drug-likeness (QED) is 0.872. The highest BCUT2D eigenvalue weighted by atomic mass is 19.4. The first-order chi connectivity index (χ1) is 11.8. The first kappa shape index (κ1) is 18.1. The molecule has 2 aliphatic rings. The van der Waals surface area contributed by atoms with Gasteiger partial charge in [-0.25, -0.2) is 0 Å². The van der Waals surface area contributed by atoms with Crippen LogP contribution in [0.3, 0.4) is 0 Å². The van der Waals surface area contributed by atoms with Gasteiger partial charge in [-0.3, -0.25) is 14.6 Å². The molecule has 0 aromatic carbocycles. The van der Waals surface area contributed by atoms with Crippen LogP contribution in [0, 0.1) is 0 Å². The van der Waals surface area contributed by atoms with E-state index in [-0.39, 0.29) is 18.3 Å². The fourth-order valence-electron chi connectivity index (χ4n) is 3.75. The molecule has 2 N–H and O–H groups in total. The van der Waals surface area contributed by atoms with Crippen molar-refractivity contribution in [1.82, 2.24) is 19.9 Å². The van der Waals surface area contributed by atoms with Crippen LogP contribution in [0.2, 0.25) is 0 Å². The van der Waals surface area contributed by atoms with Gasteiger partial charge < -0.3 is 10.3 Å². The molecule has 0 bridgehead atoms. The fourth-order valence-corrected chi connectivity index (χ4v) is 3.75. The Labute approximate surface area is 143 Å². The standard InChI is InChI=1S/C15H22F3N5O2/c16-15(17,18)13-20-11(25-21-13)10-22-8-4-14(5-9-22,12(19)24)23-6-2-1-3-7-23/h1-10H2,(H2,19,24). The van der Waals surface area contributed by atoms with Crippen LogP contribution in [0.1, 0.15) is 43.8 Å². The maximum Gasteiger partial charge on any atom is 0.455 e. The lowest BCUT2D eigenvalue weighted by Gasteiger charge is -2.47. The van der Waals surface area contributed by atoms with Crippen LogP contribution in [0.15, 0.2) is 4.52 Å². The normalized spacial score (nSPS) is 22.8. The molecule has 2 saturated heterocycles. The first-order valence-corrected chi connectivity index (χ1v) is 8.48. The summed E-state index contributed by atoms with van der Waals surface area (Å²) < 4.78 is 42.2. The Morgan fingerprint density at radius 3 is 2.32 bits per heavy atom. The van der Waals surface area contributed by atoms with Crippen LogP contribution in [-0.2, 0) is 17.5 Å². The summed E-state index contributed by atoms with van der Waals surface area (Å²) in [4.78, 5) is 19.6. The van der Waals surface area contributed by atoms with E-state index in [1.54, 1.807) is 0 Å². The first-order valence-electron chi connectivity index (χ1n) is 8.48. The van der Waals surface area contributed by atoms with Gasteiger partial charge in [-0.1, -0.05) is 11.6 Å². The molecule has 1 aromatic heterocycles. The van der Waals surface area contributed by atoms with Gasteiger partial charge in [0.05, 0.1) is 6.54 Å². The Kier molecular flexibility index (Phi) is 5.01. The Morgan fingerprint density at radius 2 is 1.80 bits per heavy atom. The van der Waals surface area contributed by atoms with Crippen molar-refractivity contribution in [1.29, 1.82) is 0 Å². The summed E-state index contributed by atoms with van der Waals surface area (Å²) >= 11 is 0. The van der Waals surface area contributed by atoms with Gasteiger partial charge in [-0.15, -0.1) is 0 Å². The molecule has 2 fully saturated rings. The number of carbonyl (C=O) groups is 1. The third-order valence-electron chi connectivity index (χ3n) is 5.18. The minimum atomic E-state index is -4.61. The largest absolute Gasteiger partial charge is 0.455 e. The van der Waals surface area contributed by atoms with E-state index < -0.39 is 17.5 Å². The Morgan fingerprint density at radius 1 is 1.16 bits per heavy atom. The predicted molar refractivity (Wildman–Crippen MR) is 81.2 cm³/mol. The molecule has 0 radical (unpaired) electrons. The van der Waals surface area contributed by atoms with E-state index in [0.717, 1.165) is 32.4 Å². The van der Waals surface area contributed by atoms with Gasteiger partial charge in [-0.05, 0) is 38.8 Å². The molecular weight excluding hydrogens is 339 g/mol. The van der Waals surface area contributed by atoms with Gasteiger partial charge in [0.25, 0.3) is 5.82 Å². The maximum atomic E-state index is 12.5. The molecule has 1 amide bonds. The van der Waals surface area contributed by atoms with Crippen molar-refractivity contribution in [3.8, 4) is 0 Å². The summed E-state index contributed by atoms with van der Waals surface area (Å²) in [5, 5.41) is 2.96. The van der Waals surface area contributed by atoms with Gasteiger partial charge in [0.1, 0.15) is 5.54 Å². The zero-order valence-corrected chi connectivity index (χ0v) is 13.9. The molecule has 10 heteroatoms. The van der Waals surface area contributed by atoms with Crippen LogP contribution >= 0.6 is 0 Å². The summed E-state index contributed by atoms with van der Waals surface area (Å²) in [7, 11) is 0. The summed E-state index contributed by atoms with van der Waals surface area (Å²) in [6.45, 7) is 2.95. The van der Waals surface area contributed by atoms with Crippen molar-refractivity contribution in [3.63, 3.8) is 0 Å². The fraction of sp³-hybridized carbons (Fsp3) is 0.800. The van der Waals surface area contributed by atoms with Gasteiger partial charge in [0.2, 0.25) is 11.8 Å². The number of hydrogen-bond donors (Lipinski definition) is 1. The molecule has 0 spiro atoms. The molecule has 7 nitrogen and oxygen atoms in total. The van der Waals surface area contributed by atoms with E-state index >= 15 is 0 Å². The van der Waals surface area contributed by atoms with E-state index in [9.17, 15) is 18.0 Å². The Bertz CT molecular complexity index is 605. The zero-order valence-electron chi connectivity index (χ0n) is 13.9. The summed E-state index contributed by atoms with van der Waals surface area (Å²) in [5.74, 6) is -1.65. The summed E-state index contributed by atoms with van der Waals surface area (Å²) in [6, 6.07) is 0. The predicted octanol–water partition coefficient (Wildman–Crippen LogP) is 1.39. The van der Waals surface area contributed by atoms with Crippen LogP contribution in [0.4, 0.5) is 13.2 Å². The topological polar surface area (TPSA) is 88.5 Å². The van der Waals surface area contributed by atoms with E-state index in [0.29, 0.717) is 25.9 Å². The molecule has 140 valence electrons. The number of aromatic nitrogens is 2. The average Bonchev–Trinajstić information content (AvgIpc) is 3.05. The van der Waals surface area contributed by atoms with E-state index in [1.807, 2.05) is 4.90 Å². The number of primary amides is 1. The number of rotatable bonds is 4. The van der Waals surface area contributed by atoms with Crippen molar-refractivity contribution in [3.05, 3.63) is 11.7 Å². The van der Waals surface area contributed by atoms with Gasteiger partial charge in [-0.2, -0.15) is 18.2 Å². The number of amides is 1. The zero-order chi connectivity index (χ0) is 18.1. The van der Waals surface area contributed by atoms with Crippen LogP contribution < -0.4 is 5.73 Å². The van der Waals surface area contributed by atoms with Gasteiger partial charge >= 0.3 is 6.18 Å². The smallest absolute Gasteiger partial charge is 0.368 e. The molecule has 1 aromatic rings. The van der Waals surface area contributed by atoms with Gasteiger partial charge in [0, 0.05) is 13.1 Å². The average molecular weight is 361 g/mol. The summed E-state index contributed by atoms with van der Waals surface area (Å²) in [5.41, 5.74) is 5.07. The highest BCUT2D eigenvalue weighted by molar-refractivity contribution is 5.84.